The van der Waals surface area contributed by atoms with E-state index in [1.165, 1.54) is 10.5 Å². The lowest BCUT2D eigenvalue weighted by atomic mass is 10.2. The summed E-state index contributed by atoms with van der Waals surface area (Å²) >= 11 is 1.61. The predicted octanol–water partition coefficient (Wildman–Crippen LogP) is 3.91. The van der Waals surface area contributed by atoms with Gasteiger partial charge in [-0.25, -0.2) is 4.98 Å². The Morgan fingerprint density at radius 1 is 1.26 bits per heavy atom. The Kier molecular flexibility index (Phi) is 4.68. The normalized spacial score (nSPS) is 10.4. The van der Waals surface area contributed by atoms with E-state index in [0.29, 0.717) is 18.2 Å². The van der Waals surface area contributed by atoms with Gasteiger partial charge in [-0.05, 0) is 37.6 Å². The topological polar surface area (TPSA) is 48.1 Å². The Morgan fingerprint density at radius 3 is 2.84 bits per heavy atom. The minimum atomic E-state index is 0.527. The minimum Gasteiger partial charge on any atom is -0.476 e. The summed E-state index contributed by atoms with van der Waals surface area (Å²) in [6.45, 7) is 4.77. The Hall–Kier alpha value is -1.68. The first kappa shape index (κ1) is 13.7. The summed E-state index contributed by atoms with van der Waals surface area (Å²) in [6.07, 6.45) is 0.941. The molecule has 0 spiro atoms. The van der Waals surface area contributed by atoms with Gasteiger partial charge in [0.2, 0.25) is 5.88 Å². The zero-order chi connectivity index (χ0) is 13.7. The maximum Gasteiger partial charge on any atom is 0.238 e. The fourth-order valence-electron chi connectivity index (χ4n) is 1.61. The van der Waals surface area contributed by atoms with E-state index in [1.54, 1.807) is 11.8 Å². The molecule has 2 N–H and O–H groups in total. The monoisotopic (exact) mass is 274 g/mol. The Morgan fingerprint density at radius 2 is 2.11 bits per heavy atom. The number of ether oxygens (including phenoxy) is 1. The van der Waals surface area contributed by atoms with Gasteiger partial charge in [0, 0.05) is 4.90 Å². The van der Waals surface area contributed by atoms with Gasteiger partial charge in [0.05, 0.1) is 12.3 Å². The smallest absolute Gasteiger partial charge is 0.238 e. The number of aryl methyl sites for hydroxylation is 1. The summed E-state index contributed by atoms with van der Waals surface area (Å²) in [5, 5.41) is 0.894. The number of anilines is 1. The molecule has 19 heavy (non-hydrogen) atoms. The zero-order valence-electron chi connectivity index (χ0n) is 11.2. The fraction of sp³-hybridized carbons (Fsp3) is 0.267. The highest BCUT2D eigenvalue weighted by Gasteiger charge is 2.05. The number of nitrogens with two attached hydrogens (primary N) is 1. The molecule has 0 aliphatic heterocycles. The molecule has 2 rings (SSSR count). The van der Waals surface area contributed by atoms with Crippen LogP contribution in [0.2, 0.25) is 0 Å². The maximum absolute atomic E-state index is 5.85. The van der Waals surface area contributed by atoms with E-state index in [4.69, 9.17) is 10.5 Å². The number of pyridine rings is 1. The maximum atomic E-state index is 5.85. The zero-order valence-corrected chi connectivity index (χ0v) is 12.0. The molecule has 0 unspecified atom stereocenters. The molecular weight excluding hydrogens is 256 g/mol. The molecule has 0 amide bonds. The lowest BCUT2D eigenvalue weighted by Crippen LogP contribution is -2.01. The first-order valence-electron chi connectivity index (χ1n) is 6.33. The number of hydrogen-bond donors (Lipinski definition) is 1. The molecule has 0 bridgehead atoms. The van der Waals surface area contributed by atoms with Crippen LogP contribution < -0.4 is 10.5 Å². The molecule has 0 aliphatic carbocycles. The number of rotatable bonds is 5. The second kappa shape index (κ2) is 6.48. The van der Waals surface area contributed by atoms with Crippen LogP contribution in [-0.4, -0.2) is 11.6 Å². The number of hydrogen-bond acceptors (Lipinski definition) is 4. The highest BCUT2D eigenvalue weighted by Crippen LogP contribution is 2.30. The summed E-state index contributed by atoms with van der Waals surface area (Å²) < 4.78 is 5.54. The van der Waals surface area contributed by atoms with E-state index in [2.05, 4.69) is 37.0 Å². The third-order valence-electron chi connectivity index (χ3n) is 2.52. The highest BCUT2D eigenvalue weighted by atomic mass is 32.2. The molecule has 3 nitrogen and oxygen atoms in total. The van der Waals surface area contributed by atoms with Gasteiger partial charge in [0.15, 0.2) is 0 Å². The van der Waals surface area contributed by atoms with Gasteiger partial charge in [-0.1, -0.05) is 36.4 Å². The van der Waals surface area contributed by atoms with Gasteiger partial charge >= 0.3 is 0 Å². The van der Waals surface area contributed by atoms with E-state index >= 15 is 0 Å². The van der Waals surface area contributed by atoms with Gasteiger partial charge in [0.1, 0.15) is 5.03 Å². The van der Waals surface area contributed by atoms with E-state index in [0.717, 1.165) is 11.4 Å². The second-order valence-electron chi connectivity index (χ2n) is 4.31. The van der Waals surface area contributed by atoms with Gasteiger partial charge in [-0.2, -0.15) is 0 Å². The van der Waals surface area contributed by atoms with E-state index in [-0.39, 0.29) is 0 Å². The van der Waals surface area contributed by atoms with Crippen LogP contribution in [0.3, 0.4) is 0 Å². The Balaban J connectivity index is 2.16. The van der Waals surface area contributed by atoms with E-state index in [9.17, 15) is 0 Å². The molecule has 0 fully saturated rings. The molecule has 100 valence electrons. The third kappa shape index (κ3) is 3.89. The molecule has 0 atom stereocenters. The second-order valence-corrected chi connectivity index (χ2v) is 5.40. The van der Waals surface area contributed by atoms with Crippen molar-refractivity contribution in [1.29, 1.82) is 0 Å². The molecule has 1 aromatic heterocycles. The summed E-state index contributed by atoms with van der Waals surface area (Å²) in [5.74, 6) is 0.527. The SMILES string of the molecule is CCCOc1nc(Sc2cccc(C)c2)ccc1N. The molecule has 1 heterocycles. The van der Waals surface area contributed by atoms with Crippen LogP contribution in [0.4, 0.5) is 5.69 Å². The fourth-order valence-corrected chi connectivity index (χ4v) is 2.50. The van der Waals surface area contributed by atoms with Crippen molar-refractivity contribution in [2.75, 3.05) is 12.3 Å². The lowest BCUT2D eigenvalue weighted by molar-refractivity contribution is 0.305. The number of benzene rings is 1. The molecule has 0 aliphatic rings. The molecule has 2 aromatic rings. The van der Waals surface area contributed by atoms with Gasteiger partial charge < -0.3 is 10.5 Å². The first-order valence-corrected chi connectivity index (χ1v) is 7.14. The van der Waals surface area contributed by atoms with Crippen LogP contribution in [0.5, 0.6) is 5.88 Å². The standard InChI is InChI=1S/C15H18N2OS/c1-3-9-18-15-13(16)7-8-14(17-15)19-12-6-4-5-11(2)10-12/h4-8,10H,3,9,16H2,1-2H3. The molecule has 0 saturated heterocycles. The van der Waals surface area contributed by atoms with Gasteiger partial charge in [-0.3, -0.25) is 0 Å². The Bertz CT molecular complexity index is 558. The van der Waals surface area contributed by atoms with Crippen molar-refractivity contribution in [1.82, 2.24) is 4.98 Å². The molecular formula is C15H18N2OS. The van der Waals surface area contributed by atoms with Crippen molar-refractivity contribution in [3.05, 3.63) is 42.0 Å². The van der Waals surface area contributed by atoms with Crippen molar-refractivity contribution in [2.24, 2.45) is 0 Å². The third-order valence-corrected chi connectivity index (χ3v) is 3.45. The minimum absolute atomic E-state index is 0.527. The average Bonchev–Trinajstić information content (AvgIpc) is 2.39. The van der Waals surface area contributed by atoms with Crippen LogP contribution in [0.15, 0.2) is 46.3 Å². The first-order chi connectivity index (χ1) is 9.19. The van der Waals surface area contributed by atoms with Gasteiger partial charge in [-0.15, -0.1) is 0 Å². The molecule has 0 saturated carbocycles. The van der Waals surface area contributed by atoms with E-state index in [1.807, 2.05) is 18.2 Å². The van der Waals surface area contributed by atoms with Crippen LogP contribution in [0.1, 0.15) is 18.9 Å². The summed E-state index contributed by atoms with van der Waals surface area (Å²) in [5.41, 5.74) is 7.67. The van der Waals surface area contributed by atoms with Crippen molar-refractivity contribution < 1.29 is 4.74 Å². The quantitative estimate of drug-likeness (QED) is 0.898. The van der Waals surface area contributed by atoms with Crippen LogP contribution in [0, 0.1) is 6.92 Å². The van der Waals surface area contributed by atoms with E-state index < -0.39 is 0 Å². The summed E-state index contributed by atoms with van der Waals surface area (Å²) in [4.78, 5) is 5.62. The predicted molar refractivity (Wildman–Crippen MR) is 79.7 cm³/mol. The van der Waals surface area contributed by atoms with Crippen LogP contribution in [0.25, 0.3) is 0 Å². The highest BCUT2D eigenvalue weighted by molar-refractivity contribution is 7.99. The van der Waals surface area contributed by atoms with Crippen LogP contribution in [-0.2, 0) is 0 Å². The van der Waals surface area contributed by atoms with Crippen molar-refractivity contribution in [2.45, 2.75) is 30.2 Å². The average molecular weight is 274 g/mol. The van der Waals surface area contributed by atoms with Crippen molar-refractivity contribution in [3.8, 4) is 5.88 Å². The Labute approximate surface area is 118 Å². The van der Waals surface area contributed by atoms with Crippen molar-refractivity contribution >= 4 is 17.4 Å². The molecule has 1 aromatic carbocycles. The van der Waals surface area contributed by atoms with Crippen molar-refractivity contribution in [3.63, 3.8) is 0 Å². The van der Waals surface area contributed by atoms with Crippen LogP contribution >= 0.6 is 11.8 Å². The lowest BCUT2D eigenvalue weighted by Gasteiger charge is -2.08. The number of nitrogens with zero attached hydrogens (tertiary/aromatic N) is 1. The number of nitrogen functional groups attached to an aromatic ring is 1. The summed E-state index contributed by atoms with van der Waals surface area (Å²) in [6, 6.07) is 12.1. The largest absolute Gasteiger partial charge is 0.476 e. The number of aromatic nitrogens is 1. The molecule has 0 radical (unpaired) electrons. The van der Waals surface area contributed by atoms with Gasteiger partial charge in [0.25, 0.3) is 0 Å². The summed E-state index contributed by atoms with van der Waals surface area (Å²) in [7, 11) is 0. The molecule has 4 heteroatoms.